The van der Waals surface area contributed by atoms with E-state index >= 15 is 0 Å². The fraction of sp³-hybridized carbons (Fsp3) is 0.333. The molecule has 7 nitrogen and oxygen atoms in total. The van der Waals surface area contributed by atoms with E-state index in [2.05, 4.69) is 18.6 Å². The van der Waals surface area contributed by atoms with E-state index in [0.717, 1.165) is 17.2 Å². The molecule has 0 spiro atoms. The van der Waals surface area contributed by atoms with Crippen LogP contribution in [0.15, 0.2) is 71.6 Å². The van der Waals surface area contributed by atoms with Gasteiger partial charge < -0.3 is 9.64 Å². The number of ether oxygens (including phenoxy) is 1. The third-order valence-corrected chi connectivity index (χ3v) is 7.63. The number of fused-ring (bicyclic) bond motifs is 1. The van der Waals surface area contributed by atoms with Crippen LogP contribution in [0.1, 0.15) is 36.2 Å². The van der Waals surface area contributed by atoms with Gasteiger partial charge in [-0.15, -0.1) is 0 Å². The summed E-state index contributed by atoms with van der Waals surface area (Å²) in [6.45, 7) is 5.39. The summed E-state index contributed by atoms with van der Waals surface area (Å²) in [4.78, 5) is 26.8. The van der Waals surface area contributed by atoms with E-state index in [9.17, 15) is 18.0 Å². The Bertz CT molecular complexity index is 1310. The van der Waals surface area contributed by atoms with Gasteiger partial charge >= 0.3 is 5.97 Å². The van der Waals surface area contributed by atoms with Gasteiger partial charge in [0.05, 0.1) is 10.5 Å². The van der Waals surface area contributed by atoms with Gasteiger partial charge in [0.2, 0.25) is 10.0 Å². The van der Waals surface area contributed by atoms with Gasteiger partial charge in [-0.2, -0.15) is 0 Å². The molecule has 0 aromatic heterocycles. The smallest absolute Gasteiger partial charge is 0.338 e. The van der Waals surface area contributed by atoms with E-state index < -0.39 is 16.0 Å². The zero-order valence-corrected chi connectivity index (χ0v) is 20.8. The molecule has 1 heterocycles. The number of hydrogen-bond donors (Lipinski definition) is 1. The summed E-state index contributed by atoms with van der Waals surface area (Å²) in [6.07, 6.45) is 1.09. The zero-order valence-electron chi connectivity index (χ0n) is 19.9. The van der Waals surface area contributed by atoms with Crippen molar-refractivity contribution in [2.75, 3.05) is 19.7 Å². The molecule has 35 heavy (non-hydrogen) atoms. The van der Waals surface area contributed by atoms with Crippen LogP contribution < -0.4 is 4.72 Å². The summed E-state index contributed by atoms with van der Waals surface area (Å²) in [5.41, 5.74) is 0.998. The number of nitrogens with one attached hydrogen (secondary N) is 1. The van der Waals surface area contributed by atoms with Gasteiger partial charge in [-0.25, -0.2) is 17.9 Å². The number of amides is 1. The zero-order chi connectivity index (χ0) is 25.0. The Morgan fingerprint density at radius 2 is 1.60 bits per heavy atom. The minimum Gasteiger partial charge on any atom is -0.452 e. The molecule has 2 atom stereocenters. The molecule has 1 aliphatic heterocycles. The lowest BCUT2D eigenvalue weighted by Crippen LogP contribution is -2.44. The monoisotopic (exact) mass is 494 g/mol. The standard InChI is InChI=1S/C27H30N2O5S/c1-19-13-20(2)17-29(16-19)26(30)18-34-27(31)23-9-7-21(8-10-23)15-28-35(32,33)25-12-11-22-5-3-4-6-24(22)14-25/h3-12,14,19-20,28H,13,15-18H2,1-2H3/t19-,20-/m1/s1. The van der Waals surface area contributed by atoms with E-state index in [1.165, 1.54) is 0 Å². The molecule has 4 rings (SSSR count). The second kappa shape index (κ2) is 10.6. The van der Waals surface area contributed by atoms with Crippen LogP contribution in [-0.4, -0.2) is 44.9 Å². The van der Waals surface area contributed by atoms with E-state index in [1.54, 1.807) is 47.4 Å². The highest BCUT2D eigenvalue weighted by molar-refractivity contribution is 7.89. The molecule has 8 heteroatoms. The van der Waals surface area contributed by atoms with Crippen molar-refractivity contribution in [2.24, 2.45) is 11.8 Å². The summed E-state index contributed by atoms with van der Waals surface area (Å²) < 4.78 is 33.3. The second-order valence-corrected chi connectivity index (χ2v) is 11.1. The summed E-state index contributed by atoms with van der Waals surface area (Å²) in [7, 11) is -3.70. The predicted octanol–water partition coefficient (Wildman–Crippen LogP) is 3.98. The van der Waals surface area contributed by atoms with E-state index in [0.29, 0.717) is 36.1 Å². The lowest BCUT2D eigenvalue weighted by molar-refractivity contribution is -0.137. The number of likely N-dealkylation sites (tertiary alicyclic amines) is 1. The lowest BCUT2D eigenvalue weighted by atomic mass is 9.92. The van der Waals surface area contributed by atoms with Crippen LogP contribution in [0.2, 0.25) is 0 Å². The molecule has 1 amide bonds. The number of carbonyl (C=O) groups excluding carboxylic acids is 2. The van der Waals surface area contributed by atoms with Crippen molar-refractivity contribution in [3.05, 3.63) is 77.9 Å². The van der Waals surface area contributed by atoms with Gasteiger partial charge in [-0.1, -0.05) is 56.3 Å². The normalized spacial score (nSPS) is 18.4. The summed E-state index contributed by atoms with van der Waals surface area (Å²) in [6, 6.07) is 19.0. The Morgan fingerprint density at radius 3 is 2.29 bits per heavy atom. The SMILES string of the molecule is C[C@@H]1C[C@@H](C)CN(C(=O)COC(=O)c2ccc(CNS(=O)(=O)c3ccc4ccccc4c3)cc2)C1. The Morgan fingerprint density at radius 1 is 0.943 bits per heavy atom. The average molecular weight is 495 g/mol. The van der Waals surface area contributed by atoms with Gasteiger partial charge in [0, 0.05) is 19.6 Å². The Labute approximate surface area is 206 Å². The molecule has 0 aliphatic carbocycles. The van der Waals surface area contributed by atoms with Crippen LogP contribution in [-0.2, 0) is 26.1 Å². The molecule has 1 fully saturated rings. The first-order valence-corrected chi connectivity index (χ1v) is 13.2. The number of sulfonamides is 1. The molecule has 3 aromatic carbocycles. The fourth-order valence-electron chi connectivity index (χ4n) is 4.52. The van der Waals surface area contributed by atoms with Crippen molar-refractivity contribution < 1.29 is 22.7 Å². The van der Waals surface area contributed by atoms with Crippen molar-refractivity contribution in [3.63, 3.8) is 0 Å². The number of nitrogens with zero attached hydrogens (tertiary/aromatic N) is 1. The minimum atomic E-state index is -3.70. The summed E-state index contributed by atoms with van der Waals surface area (Å²) >= 11 is 0. The van der Waals surface area contributed by atoms with Crippen LogP contribution in [0.3, 0.4) is 0 Å². The molecule has 1 saturated heterocycles. The molecule has 0 bridgehead atoms. The summed E-state index contributed by atoms with van der Waals surface area (Å²) in [5, 5.41) is 1.82. The molecule has 1 aliphatic rings. The van der Waals surface area contributed by atoms with Crippen LogP contribution in [0.5, 0.6) is 0 Å². The Hall–Kier alpha value is -3.23. The van der Waals surface area contributed by atoms with E-state index in [-0.39, 0.29) is 24.0 Å². The first-order chi connectivity index (χ1) is 16.7. The third kappa shape index (κ3) is 6.26. The second-order valence-electron chi connectivity index (χ2n) is 9.35. The number of hydrogen-bond acceptors (Lipinski definition) is 5. The van der Waals surface area contributed by atoms with Crippen LogP contribution in [0.4, 0.5) is 0 Å². The maximum atomic E-state index is 12.7. The number of piperidine rings is 1. The van der Waals surface area contributed by atoms with Crippen molar-refractivity contribution in [1.29, 1.82) is 0 Å². The largest absolute Gasteiger partial charge is 0.452 e. The van der Waals surface area contributed by atoms with Crippen LogP contribution >= 0.6 is 0 Å². The minimum absolute atomic E-state index is 0.0777. The topological polar surface area (TPSA) is 92.8 Å². The number of rotatable bonds is 7. The number of esters is 1. The fourth-order valence-corrected chi connectivity index (χ4v) is 5.58. The molecule has 3 aromatic rings. The molecule has 0 radical (unpaired) electrons. The third-order valence-electron chi connectivity index (χ3n) is 6.24. The van der Waals surface area contributed by atoms with Crippen molar-refractivity contribution in [3.8, 4) is 0 Å². The van der Waals surface area contributed by atoms with Gasteiger partial charge in [-0.3, -0.25) is 4.79 Å². The summed E-state index contributed by atoms with van der Waals surface area (Å²) in [5.74, 6) is 0.102. The highest BCUT2D eigenvalue weighted by atomic mass is 32.2. The molecular formula is C27H30N2O5S. The highest BCUT2D eigenvalue weighted by Gasteiger charge is 2.26. The van der Waals surface area contributed by atoms with Gasteiger partial charge in [-0.05, 0) is 58.9 Å². The van der Waals surface area contributed by atoms with E-state index in [4.69, 9.17) is 4.74 Å². The average Bonchev–Trinajstić information content (AvgIpc) is 2.85. The van der Waals surface area contributed by atoms with Crippen molar-refractivity contribution in [1.82, 2.24) is 9.62 Å². The maximum absolute atomic E-state index is 12.7. The first-order valence-electron chi connectivity index (χ1n) is 11.7. The van der Waals surface area contributed by atoms with Gasteiger partial charge in [0.1, 0.15) is 0 Å². The molecule has 184 valence electrons. The highest BCUT2D eigenvalue weighted by Crippen LogP contribution is 2.21. The quantitative estimate of drug-likeness (QED) is 0.502. The molecule has 0 unspecified atom stereocenters. The van der Waals surface area contributed by atoms with Crippen LogP contribution in [0.25, 0.3) is 10.8 Å². The van der Waals surface area contributed by atoms with Crippen molar-refractivity contribution >= 4 is 32.7 Å². The Kier molecular flexibility index (Phi) is 7.52. The Balaban J connectivity index is 1.31. The molecule has 1 N–H and O–H groups in total. The van der Waals surface area contributed by atoms with E-state index in [1.807, 2.05) is 24.3 Å². The lowest BCUT2D eigenvalue weighted by Gasteiger charge is -2.34. The number of benzene rings is 3. The molecule has 0 saturated carbocycles. The van der Waals surface area contributed by atoms with Gasteiger partial charge in [0.15, 0.2) is 6.61 Å². The van der Waals surface area contributed by atoms with Crippen molar-refractivity contribution in [2.45, 2.75) is 31.7 Å². The van der Waals surface area contributed by atoms with Gasteiger partial charge in [0.25, 0.3) is 5.91 Å². The van der Waals surface area contributed by atoms with Crippen LogP contribution in [0, 0.1) is 11.8 Å². The first kappa shape index (κ1) is 24.9. The maximum Gasteiger partial charge on any atom is 0.338 e. The predicted molar refractivity (Wildman–Crippen MR) is 134 cm³/mol. The number of carbonyl (C=O) groups is 2. The molecular weight excluding hydrogens is 464 g/mol.